The van der Waals surface area contributed by atoms with Crippen LogP contribution in [0.5, 0.6) is 0 Å². The van der Waals surface area contributed by atoms with Crippen molar-refractivity contribution in [3.8, 4) is 11.1 Å². The van der Waals surface area contributed by atoms with Crippen molar-refractivity contribution < 1.29 is 0 Å². The van der Waals surface area contributed by atoms with E-state index in [2.05, 4.69) is 38.5 Å². The number of nitrogens with zero attached hydrogens (tertiary/aromatic N) is 3. The maximum Gasteiger partial charge on any atom is 0.142 e. The number of fused-ring (bicyclic) bond motifs is 3. The monoisotopic (exact) mass is 267 g/mol. The minimum atomic E-state index is 0.955. The molecule has 4 rings (SSSR count). The van der Waals surface area contributed by atoms with Gasteiger partial charge in [0.1, 0.15) is 5.84 Å². The summed E-state index contributed by atoms with van der Waals surface area (Å²) in [6.45, 7) is 2.05. The lowest BCUT2D eigenvalue weighted by atomic mass is 10.0. The Labute approximate surface area is 116 Å². The van der Waals surface area contributed by atoms with E-state index < -0.39 is 0 Å². The summed E-state index contributed by atoms with van der Waals surface area (Å²) in [6.07, 6.45) is 4.87. The van der Waals surface area contributed by atoms with Gasteiger partial charge in [-0.15, -0.1) is 0 Å². The molecule has 4 heteroatoms. The Balaban J connectivity index is 1.78. The Hall–Kier alpha value is -1.81. The molecule has 2 aromatic rings. The Morgan fingerprint density at radius 3 is 3.05 bits per heavy atom. The summed E-state index contributed by atoms with van der Waals surface area (Å²) in [5.41, 5.74) is 3.66. The van der Waals surface area contributed by atoms with Gasteiger partial charge in [-0.2, -0.15) is 0 Å². The first-order valence-corrected chi connectivity index (χ1v) is 7.24. The van der Waals surface area contributed by atoms with Crippen LogP contribution in [0.25, 0.3) is 11.1 Å². The van der Waals surface area contributed by atoms with E-state index in [-0.39, 0.29) is 0 Å². The summed E-state index contributed by atoms with van der Waals surface area (Å²) in [7, 11) is 0. The van der Waals surface area contributed by atoms with Crippen LogP contribution in [0.4, 0.5) is 0 Å². The van der Waals surface area contributed by atoms with Crippen molar-refractivity contribution in [1.29, 1.82) is 0 Å². The molecule has 0 saturated heterocycles. The van der Waals surface area contributed by atoms with Crippen molar-refractivity contribution in [3.63, 3.8) is 0 Å². The number of aliphatic imine (C=N–C) groups is 1. The fraction of sp³-hybridized carbons (Fsp3) is 0.200. The average molecular weight is 267 g/mol. The smallest absolute Gasteiger partial charge is 0.142 e. The highest BCUT2D eigenvalue weighted by atomic mass is 32.2. The zero-order valence-corrected chi connectivity index (χ0v) is 11.2. The van der Waals surface area contributed by atoms with Crippen LogP contribution in [0.3, 0.4) is 0 Å². The summed E-state index contributed by atoms with van der Waals surface area (Å²) >= 11 is 1.81. The van der Waals surface area contributed by atoms with Crippen molar-refractivity contribution in [2.24, 2.45) is 4.99 Å². The van der Waals surface area contributed by atoms with Crippen molar-refractivity contribution in [3.05, 3.63) is 48.3 Å². The first kappa shape index (κ1) is 11.1. The van der Waals surface area contributed by atoms with Gasteiger partial charge in [-0.25, -0.2) is 0 Å². The van der Waals surface area contributed by atoms with Crippen LogP contribution in [-0.2, 0) is 0 Å². The maximum atomic E-state index is 4.64. The summed E-state index contributed by atoms with van der Waals surface area (Å²) in [5, 5.41) is 0. The third kappa shape index (κ3) is 1.83. The van der Waals surface area contributed by atoms with Gasteiger partial charge < -0.3 is 0 Å². The van der Waals surface area contributed by atoms with E-state index in [9.17, 15) is 0 Å². The van der Waals surface area contributed by atoms with Gasteiger partial charge in [0.15, 0.2) is 0 Å². The highest BCUT2D eigenvalue weighted by Gasteiger charge is 2.28. The standard InChI is InChI=1S/C15H13N3S/c1-3-12(10-16-6-1)11-4-5-13-14(9-11)19-18-8-2-7-17-15(13)18/h1,3-6,9-10H,2,7-8H2. The van der Waals surface area contributed by atoms with Crippen LogP contribution in [0.2, 0.25) is 0 Å². The van der Waals surface area contributed by atoms with Gasteiger partial charge in [0.05, 0.1) is 0 Å². The molecule has 2 aliphatic heterocycles. The van der Waals surface area contributed by atoms with E-state index in [1.807, 2.05) is 24.2 Å². The van der Waals surface area contributed by atoms with Crippen LogP contribution in [0.1, 0.15) is 12.0 Å². The molecule has 0 saturated carbocycles. The molecule has 94 valence electrons. The lowest BCUT2D eigenvalue weighted by Crippen LogP contribution is -2.26. The molecular weight excluding hydrogens is 254 g/mol. The predicted octanol–water partition coefficient (Wildman–Crippen LogP) is 3.22. The van der Waals surface area contributed by atoms with E-state index in [1.165, 1.54) is 16.0 Å². The molecule has 0 N–H and O–H groups in total. The number of hydrogen-bond acceptors (Lipinski definition) is 4. The van der Waals surface area contributed by atoms with Crippen LogP contribution in [-0.4, -0.2) is 28.2 Å². The summed E-state index contributed by atoms with van der Waals surface area (Å²) < 4.78 is 2.31. The van der Waals surface area contributed by atoms with Gasteiger partial charge in [-0.3, -0.25) is 14.3 Å². The van der Waals surface area contributed by atoms with Gasteiger partial charge in [-0.05, 0) is 42.1 Å². The molecule has 0 bridgehead atoms. The SMILES string of the molecule is c1cncc(-c2ccc3c(c2)SN2CCCN=C32)c1. The third-order valence-electron chi connectivity index (χ3n) is 3.44. The van der Waals surface area contributed by atoms with Gasteiger partial charge in [0, 0.05) is 41.5 Å². The average Bonchev–Trinajstić information content (AvgIpc) is 2.86. The maximum absolute atomic E-state index is 4.64. The minimum absolute atomic E-state index is 0.955. The lowest BCUT2D eigenvalue weighted by Gasteiger charge is -2.20. The van der Waals surface area contributed by atoms with E-state index in [0.717, 1.165) is 30.9 Å². The number of benzene rings is 1. The molecule has 0 spiro atoms. The van der Waals surface area contributed by atoms with E-state index in [1.54, 1.807) is 6.20 Å². The first-order chi connectivity index (χ1) is 9.42. The highest BCUT2D eigenvalue weighted by Crippen LogP contribution is 2.39. The fourth-order valence-corrected chi connectivity index (χ4v) is 3.64. The summed E-state index contributed by atoms with van der Waals surface area (Å²) in [4.78, 5) is 10.1. The minimum Gasteiger partial charge on any atom is -0.296 e. The number of hydrogen-bond donors (Lipinski definition) is 0. The Morgan fingerprint density at radius 1 is 1.16 bits per heavy atom. The molecule has 19 heavy (non-hydrogen) atoms. The first-order valence-electron chi connectivity index (χ1n) is 6.46. The normalized spacial score (nSPS) is 16.8. The van der Waals surface area contributed by atoms with Crippen molar-refractivity contribution in [2.45, 2.75) is 11.3 Å². The van der Waals surface area contributed by atoms with Crippen molar-refractivity contribution >= 4 is 17.8 Å². The van der Waals surface area contributed by atoms with Crippen LogP contribution in [0, 0.1) is 0 Å². The second-order valence-electron chi connectivity index (χ2n) is 4.70. The molecule has 3 nitrogen and oxygen atoms in total. The van der Waals surface area contributed by atoms with Crippen LogP contribution in [0.15, 0.2) is 52.6 Å². The molecule has 0 atom stereocenters. The van der Waals surface area contributed by atoms with Crippen LogP contribution < -0.4 is 0 Å². The molecule has 0 aliphatic carbocycles. The summed E-state index contributed by atoms with van der Waals surface area (Å²) in [6, 6.07) is 10.7. The number of aromatic nitrogens is 1. The van der Waals surface area contributed by atoms with Gasteiger partial charge in [-0.1, -0.05) is 12.1 Å². The predicted molar refractivity (Wildman–Crippen MR) is 78.3 cm³/mol. The molecule has 1 aromatic carbocycles. The van der Waals surface area contributed by atoms with Crippen molar-refractivity contribution in [1.82, 2.24) is 9.29 Å². The van der Waals surface area contributed by atoms with Gasteiger partial charge in [0.2, 0.25) is 0 Å². The summed E-state index contributed by atoms with van der Waals surface area (Å²) in [5.74, 6) is 1.16. The molecular formula is C15H13N3S. The van der Waals surface area contributed by atoms with E-state index >= 15 is 0 Å². The molecule has 0 fully saturated rings. The number of pyridine rings is 1. The molecule has 2 aliphatic rings. The lowest BCUT2D eigenvalue weighted by molar-refractivity contribution is 0.603. The zero-order chi connectivity index (χ0) is 12.7. The number of rotatable bonds is 1. The fourth-order valence-electron chi connectivity index (χ4n) is 2.51. The second-order valence-corrected chi connectivity index (χ2v) is 5.77. The van der Waals surface area contributed by atoms with E-state index in [4.69, 9.17) is 0 Å². The molecule has 1 aromatic heterocycles. The Bertz CT molecular complexity index is 652. The largest absolute Gasteiger partial charge is 0.296 e. The second kappa shape index (κ2) is 4.38. The Morgan fingerprint density at radius 2 is 2.16 bits per heavy atom. The third-order valence-corrected chi connectivity index (χ3v) is 4.55. The van der Waals surface area contributed by atoms with Crippen molar-refractivity contribution in [2.75, 3.05) is 13.1 Å². The highest BCUT2D eigenvalue weighted by molar-refractivity contribution is 7.98. The van der Waals surface area contributed by atoms with Crippen LogP contribution >= 0.6 is 11.9 Å². The molecule has 0 unspecified atom stereocenters. The Kier molecular flexibility index (Phi) is 2.55. The van der Waals surface area contributed by atoms with E-state index in [0.29, 0.717) is 0 Å². The number of amidine groups is 1. The molecule has 3 heterocycles. The quantitative estimate of drug-likeness (QED) is 0.743. The van der Waals surface area contributed by atoms with Gasteiger partial charge >= 0.3 is 0 Å². The molecule has 0 radical (unpaired) electrons. The zero-order valence-electron chi connectivity index (χ0n) is 10.4. The topological polar surface area (TPSA) is 28.5 Å². The van der Waals surface area contributed by atoms with Gasteiger partial charge in [0.25, 0.3) is 0 Å². The molecule has 0 amide bonds.